The quantitative estimate of drug-likeness (QED) is 0.0245. The first-order valence-electron chi connectivity index (χ1n) is 35.9. The number of hydrogen-bond acceptors (Lipinski definition) is 28. The summed E-state index contributed by atoms with van der Waals surface area (Å²) in [6.07, 6.45) is -0.0358. The molecule has 1 saturated heterocycles. The molecule has 1 aliphatic heterocycles. The van der Waals surface area contributed by atoms with Crippen LogP contribution >= 0.6 is 0 Å². The van der Waals surface area contributed by atoms with Crippen molar-refractivity contribution in [3.8, 4) is 0 Å². The third kappa shape index (κ3) is 54.0. The summed E-state index contributed by atoms with van der Waals surface area (Å²) in [6.45, 7) is 20.6. The second-order valence-electron chi connectivity index (χ2n) is 23.5. The maximum atomic E-state index is 14.0. The number of methoxy groups -OCH3 is 1. The van der Waals surface area contributed by atoms with E-state index in [9.17, 15) is 43.2 Å². The second-order valence-corrected chi connectivity index (χ2v) is 23.5. The summed E-state index contributed by atoms with van der Waals surface area (Å²) in [6, 6.07) is 1.87. The van der Waals surface area contributed by atoms with Crippen LogP contribution in [0.2, 0.25) is 0 Å². The number of primary amides is 1. The zero-order chi connectivity index (χ0) is 76.4. The van der Waals surface area contributed by atoms with E-state index in [0.717, 1.165) is 4.90 Å². The van der Waals surface area contributed by atoms with E-state index >= 15 is 0 Å². The Morgan fingerprint density at radius 2 is 0.829 bits per heavy atom. The van der Waals surface area contributed by atoms with Crippen LogP contribution in [0, 0.1) is 11.8 Å². The lowest BCUT2D eigenvalue weighted by Gasteiger charge is -2.27. The molecular formula is C69H120N8O28. The van der Waals surface area contributed by atoms with Gasteiger partial charge in [-0.05, 0) is 42.9 Å². The molecule has 8 N–H and O–H groups in total. The number of carbonyl (C=O) groups is 9. The molecule has 1 aliphatic rings. The third-order valence-electron chi connectivity index (χ3n) is 14.5. The molecule has 36 heteroatoms. The van der Waals surface area contributed by atoms with E-state index in [2.05, 4.69) is 31.9 Å². The number of nitrogens with two attached hydrogens (primary N) is 1. The Labute approximate surface area is 616 Å². The molecule has 0 aliphatic carbocycles. The number of esters is 1. The van der Waals surface area contributed by atoms with Crippen molar-refractivity contribution in [3.05, 3.63) is 29.8 Å². The average molecular weight is 1510 g/mol. The maximum Gasteiger partial charge on any atom is 0.312 e. The van der Waals surface area contributed by atoms with Gasteiger partial charge in [-0.25, -0.2) is 4.79 Å². The molecule has 36 nitrogen and oxygen atoms in total. The smallest absolute Gasteiger partial charge is 0.312 e. The van der Waals surface area contributed by atoms with Gasteiger partial charge >= 0.3 is 12.0 Å². The number of carbonyl (C=O) groups excluding carboxylic acids is 9. The first kappa shape index (κ1) is 94.8. The van der Waals surface area contributed by atoms with Crippen LogP contribution in [-0.4, -0.2) is 334 Å². The fourth-order valence-corrected chi connectivity index (χ4v) is 8.97. The molecule has 105 heavy (non-hydrogen) atoms. The largest absolute Gasteiger partial charge is 0.461 e. The fraction of sp³-hybridized carbons (Fsp3) is 0.783. The highest BCUT2D eigenvalue weighted by molar-refractivity contribution is 6.06. The van der Waals surface area contributed by atoms with Crippen LogP contribution in [0.1, 0.15) is 65.4 Å². The van der Waals surface area contributed by atoms with Crippen LogP contribution in [0.5, 0.6) is 0 Å². The van der Waals surface area contributed by atoms with Crippen molar-refractivity contribution in [2.45, 2.75) is 84.5 Å². The van der Waals surface area contributed by atoms with Crippen LogP contribution in [0.25, 0.3) is 0 Å². The van der Waals surface area contributed by atoms with Gasteiger partial charge in [0.25, 0.3) is 0 Å². The Morgan fingerprint density at radius 1 is 0.457 bits per heavy atom. The minimum Gasteiger partial charge on any atom is -0.461 e. The zero-order valence-electron chi connectivity index (χ0n) is 62.3. The molecule has 0 radical (unpaired) electrons. The first-order chi connectivity index (χ1) is 51.0. The summed E-state index contributed by atoms with van der Waals surface area (Å²) in [5, 5.41) is 15.7. The molecule has 1 aromatic rings. The van der Waals surface area contributed by atoms with E-state index in [-0.39, 0.29) is 71.6 Å². The minimum absolute atomic E-state index is 0.0241. The number of benzene rings is 1. The Kier molecular flexibility index (Phi) is 59.6. The Bertz CT molecular complexity index is 2440. The van der Waals surface area contributed by atoms with Crippen molar-refractivity contribution in [2.75, 3.05) is 263 Å². The highest BCUT2D eigenvalue weighted by Crippen LogP contribution is 2.18. The van der Waals surface area contributed by atoms with Crippen molar-refractivity contribution in [3.63, 3.8) is 0 Å². The summed E-state index contributed by atoms with van der Waals surface area (Å²) in [5.41, 5.74) is 6.24. The highest BCUT2D eigenvalue weighted by atomic mass is 16.6. The lowest BCUT2D eigenvalue weighted by molar-refractivity contribution is -0.143. The van der Waals surface area contributed by atoms with E-state index in [0.29, 0.717) is 223 Å². The molecule has 1 fully saturated rings. The third-order valence-corrected chi connectivity index (χ3v) is 14.5. The minimum atomic E-state index is -1.37. The number of urea groups is 1. The predicted molar refractivity (Wildman–Crippen MR) is 377 cm³/mol. The van der Waals surface area contributed by atoms with Gasteiger partial charge in [0, 0.05) is 51.6 Å². The van der Waals surface area contributed by atoms with E-state index in [4.69, 9.17) is 95.7 Å². The molecule has 0 aromatic heterocycles. The topological polar surface area (TPSA) is 430 Å². The van der Waals surface area contributed by atoms with Crippen molar-refractivity contribution < 1.29 is 133 Å². The van der Waals surface area contributed by atoms with Gasteiger partial charge in [0.2, 0.25) is 41.4 Å². The SMILES string of the molecule is COCCOCCOCCOCCOCCOCCOCCOCCOCCOCCOCCOCCOCCOCCOCCOCCOCCOCCC(=O)NCC[C@H](NC(=O)CN1C(=O)CC(C)C1=O)C(=O)N[C@H](C(=O)NC(CCCNC(N)=O)C(=O)Nc1ccc(COC(C)=O)cc1)C(C)C. The number of ether oxygens (including phenoxy) is 19. The standard InChI is InChI=1S/C69H120N8O28/c1-54(2)64(67(84)75-59(7-6-14-72-69(70)86)65(82)73-58-10-8-57(9-11-58)53-105-56(4)78)76-66(83)60(74-62(80)52-77-63(81)51-55(3)68(77)85)12-15-71-61(79)13-16-88-19-20-90-23-24-92-27-28-94-31-32-96-35-36-98-39-40-100-43-44-102-47-48-104-50-49-103-46-45-101-42-41-99-38-37-97-34-33-95-30-29-93-26-25-91-22-21-89-18-17-87-5/h8-11,54-55,59-60,64H,6-7,12-53H2,1-5H3,(H,71,79)(H,73,82)(H,74,80)(H,75,84)(H,76,83)(H3,70,72,86)/t55?,59?,60-,64-/m0/s1. The number of imide groups is 1. The number of hydrogen-bond donors (Lipinski definition) is 7. The number of likely N-dealkylation sites (tertiary alicyclic amines) is 1. The van der Waals surface area contributed by atoms with Crippen LogP contribution in [0.4, 0.5) is 10.5 Å². The van der Waals surface area contributed by atoms with Crippen molar-refractivity contribution in [1.82, 2.24) is 31.5 Å². The van der Waals surface area contributed by atoms with E-state index in [1.807, 2.05) is 0 Å². The van der Waals surface area contributed by atoms with E-state index in [1.54, 1.807) is 52.1 Å². The molecule has 604 valence electrons. The van der Waals surface area contributed by atoms with E-state index < -0.39 is 89.9 Å². The molecule has 9 amide bonds. The number of rotatable bonds is 73. The van der Waals surface area contributed by atoms with Gasteiger partial charge < -0.3 is 128 Å². The Balaban J connectivity index is 1.45. The Morgan fingerprint density at radius 3 is 1.17 bits per heavy atom. The summed E-state index contributed by atoms with van der Waals surface area (Å²) in [7, 11) is 1.64. The summed E-state index contributed by atoms with van der Waals surface area (Å²) in [5.74, 6) is -6.19. The van der Waals surface area contributed by atoms with Gasteiger partial charge in [-0.1, -0.05) is 32.9 Å². The van der Waals surface area contributed by atoms with Crippen molar-refractivity contribution >= 4 is 59.0 Å². The summed E-state index contributed by atoms with van der Waals surface area (Å²) < 4.78 is 103. The molecule has 0 saturated carbocycles. The second kappa shape index (κ2) is 66.0. The Hall–Kier alpha value is -6.27. The van der Waals surface area contributed by atoms with Crippen LogP contribution < -0.4 is 37.6 Å². The number of nitrogens with zero attached hydrogens (tertiary/aromatic N) is 1. The first-order valence-corrected chi connectivity index (χ1v) is 35.9. The average Bonchev–Trinajstić information content (AvgIpc) is 1.79. The lowest BCUT2D eigenvalue weighted by atomic mass is 10.0. The molecule has 0 bridgehead atoms. The van der Waals surface area contributed by atoms with Crippen LogP contribution in [0.15, 0.2) is 24.3 Å². The highest BCUT2D eigenvalue weighted by Gasteiger charge is 2.38. The lowest BCUT2D eigenvalue weighted by Crippen LogP contribution is -2.58. The number of anilines is 1. The fourth-order valence-electron chi connectivity index (χ4n) is 8.97. The maximum absolute atomic E-state index is 14.0. The molecular weight excluding hydrogens is 1390 g/mol. The molecule has 2 unspecified atom stereocenters. The predicted octanol–water partition coefficient (Wildman–Crippen LogP) is -0.533. The molecule has 0 spiro atoms. The van der Waals surface area contributed by atoms with Gasteiger partial charge in [-0.3, -0.25) is 43.3 Å². The normalized spacial score (nSPS) is 13.8. The summed E-state index contributed by atoms with van der Waals surface area (Å²) >= 11 is 0. The van der Waals surface area contributed by atoms with Gasteiger partial charge in [-0.15, -0.1) is 0 Å². The molecule has 1 aromatic carbocycles. The van der Waals surface area contributed by atoms with E-state index in [1.165, 1.54) is 6.92 Å². The number of nitrogens with one attached hydrogen (secondary N) is 6. The monoisotopic (exact) mass is 1510 g/mol. The van der Waals surface area contributed by atoms with Gasteiger partial charge in [0.1, 0.15) is 31.3 Å². The van der Waals surface area contributed by atoms with Crippen molar-refractivity contribution in [2.24, 2.45) is 17.6 Å². The summed E-state index contributed by atoms with van der Waals surface area (Å²) in [4.78, 5) is 116. The van der Waals surface area contributed by atoms with Crippen LogP contribution in [-0.2, 0) is 135 Å². The van der Waals surface area contributed by atoms with Crippen LogP contribution in [0.3, 0.4) is 0 Å². The van der Waals surface area contributed by atoms with Gasteiger partial charge in [0.15, 0.2) is 0 Å². The molecule has 2 rings (SSSR count). The zero-order valence-corrected chi connectivity index (χ0v) is 62.3. The molecule has 1 heterocycles. The number of amides is 9. The molecule has 4 atom stereocenters. The van der Waals surface area contributed by atoms with Gasteiger partial charge in [0.05, 0.1) is 231 Å². The van der Waals surface area contributed by atoms with Gasteiger partial charge in [-0.2, -0.15) is 0 Å². The van der Waals surface area contributed by atoms with Crippen molar-refractivity contribution in [1.29, 1.82) is 0 Å².